The summed E-state index contributed by atoms with van der Waals surface area (Å²) < 4.78 is 20.2. The highest BCUT2D eigenvalue weighted by Gasteiger charge is 2.39. The van der Waals surface area contributed by atoms with Gasteiger partial charge in [-0.25, -0.2) is 4.39 Å². The molecule has 6 heteroatoms. The van der Waals surface area contributed by atoms with Gasteiger partial charge in [-0.2, -0.15) is 0 Å². The Morgan fingerprint density at radius 2 is 2.00 bits per heavy atom. The Morgan fingerprint density at radius 3 is 2.83 bits per heavy atom. The number of benzene rings is 2. The van der Waals surface area contributed by atoms with Crippen molar-refractivity contribution >= 4 is 16.8 Å². The van der Waals surface area contributed by atoms with E-state index in [-0.39, 0.29) is 17.8 Å². The van der Waals surface area contributed by atoms with Gasteiger partial charge in [-0.1, -0.05) is 12.5 Å². The fraction of sp³-hybridized carbons (Fsp3) is 0.483. The summed E-state index contributed by atoms with van der Waals surface area (Å²) in [6, 6.07) is 9.80. The molecule has 3 atom stereocenters. The minimum atomic E-state index is -0.166. The third-order valence-corrected chi connectivity index (χ3v) is 9.00. The van der Waals surface area contributed by atoms with Gasteiger partial charge in [-0.3, -0.25) is 4.79 Å². The van der Waals surface area contributed by atoms with Crippen LogP contribution in [0.5, 0.6) is 5.75 Å². The molecule has 4 aliphatic rings. The highest BCUT2D eigenvalue weighted by molar-refractivity contribution is 6.00. The van der Waals surface area contributed by atoms with Crippen LogP contribution in [0.3, 0.4) is 0 Å². The number of fused-ring (bicyclic) bond motifs is 6. The van der Waals surface area contributed by atoms with Crippen LogP contribution in [0.15, 0.2) is 30.3 Å². The van der Waals surface area contributed by atoms with Crippen molar-refractivity contribution in [1.82, 2.24) is 15.2 Å². The molecule has 0 saturated heterocycles. The summed E-state index contributed by atoms with van der Waals surface area (Å²) in [4.78, 5) is 18.2. The molecule has 182 valence electrons. The molecule has 0 bridgehead atoms. The summed E-state index contributed by atoms with van der Waals surface area (Å²) in [7, 11) is 1.87. The van der Waals surface area contributed by atoms with Gasteiger partial charge in [-0.15, -0.1) is 0 Å². The Bertz CT molecular complexity index is 1330. The normalized spacial score (nSPS) is 24.5. The third kappa shape index (κ3) is 3.48. The first kappa shape index (κ1) is 21.4. The van der Waals surface area contributed by atoms with Gasteiger partial charge >= 0.3 is 0 Å². The number of carbonyl (C=O) groups is 1. The smallest absolute Gasteiger partial charge is 0.254 e. The molecule has 3 unspecified atom stereocenters. The first-order valence-electron chi connectivity index (χ1n) is 13.1. The maximum atomic E-state index is 14.0. The minimum absolute atomic E-state index is 0.114. The van der Waals surface area contributed by atoms with Gasteiger partial charge in [-0.05, 0) is 85.8 Å². The number of nitrogens with one attached hydrogen (secondary N) is 2. The Labute approximate surface area is 205 Å². The van der Waals surface area contributed by atoms with Gasteiger partial charge in [0.1, 0.15) is 18.2 Å². The van der Waals surface area contributed by atoms with Crippen LogP contribution in [-0.4, -0.2) is 41.5 Å². The topological polar surface area (TPSA) is 57.4 Å². The van der Waals surface area contributed by atoms with Crippen LogP contribution in [0.2, 0.25) is 0 Å². The quantitative estimate of drug-likeness (QED) is 0.575. The van der Waals surface area contributed by atoms with Crippen molar-refractivity contribution < 1.29 is 13.9 Å². The van der Waals surface area contributed by atoms with Gasteiger partial charge in [0.25, 0.3) is 5.91 Å². The van der Waals surface area contributed by atoms with Crippen LogP contribution < -0.4 is 10.1 Å². The number of amides is 1. The Balaban J connectivity index is 1.15. The number of halogens is 1. The zero-order valence-corrected chi connectivity index (χ0v) is 20.2. The summed E-state index contributed by atoms with van der Waals surface area (Å²) in [5.41, 5.74) is 6.68. The second-order valence-corrected chi connectivity index (χ2v) is 11.1. The highest BCUT2D eigenvalue weighted by atomic mass is 19.1. The van der Waals surface area contributed by atoms with E-state index >= 15 is 0 Å². The standard InChI is InChI=1S/C29H32FN3O2/c1-33-14-18-6-10-26-23(27(18)29(33)34)13-20(15-35-26)31-28(16-3-2-4-16)17-5-8-24-21(11-17)22-12-19(30)7-9-25(22)32-24/h6-7,9-10,12,16-17,20,28,31-32H,2-5,8,11,13-15H2,1H3. The van der Waals surface area contributed by atoms with Crippen molar-refractivity contribution in [2.45, 2.75) is 63.6 Å². The van der Waals surface area contributed by atoms with Gasteiger partial charge < -0.3 is 19.9 Å². The third-order valence-electron chi connectivity index (χ3n) is 9.00. The van der Waals surface area contributed by atoms with Crippen LogP contribution in [0.4, 0.5) is 4.39 Å². The van der Waals surface area contributed by atoms with Crippen LogP contribution >= 0.6 is 0 Å². The molecule has 7 rings (SSSR count). The van der Waals surface area contributed by atoms with Crippen LogP contribution in [0, 0.1) is 17.7 Å². The van der Waals surface area contributed by atoms with E-state index in [0.29, 0.717) is 31.0 Å². The first-order chi connectivity index (χ1) is 17.0. The first-order valence-corrected chi connectivity index (χ1v) is 13.1. The number of hydrogen-bond donors (Lipinski definition) is 2. The van der Waals surface area contributed by atoms with Crippen molar-refractivity contribution in [1.29, 1.82) is 0 Å². The van der Waals surface area contributed by atoms with Crippen molar-refractivity contribution in [3.05, 3.63) is 64.1 Å². The highest BCUT2D eigenvalue weighted by Crippen LogP contribution is 2.41. The molecule has 3 heterocycles. The van der Waals surface area contributed by atoms with Gasteiger partial charge in [0.15, 0.2) is 0 Å². The van der Waals surface area contributed by atoms with E-state index in [1.54, 1.807) is 17.0 Å². The maximum absolute atomic E-state index is 14.0. The summed E-state index contributed by atoms with van der Waals surface area (Å²) in [5.74, 6) is 2.02. The van der Waals surface area contributed by atoms with E-state index in [0.717, 1.165) is 59.0 Å². The second-order valence-electron chi connectivity index (χ2n) is 11.1. The summed E-state index contributed by atoms with van der Waals surface area (Å²) in [6.45, 7) is 1.31. The molecule has 1 fully saturated rings. The van der Waals surface area contributed by atoms with E-state index in [4.69, 9.17) is 4.74 Å². The molecule has 1 saturated carbocycles. The Hall–Kier alpha value is -2.86. The van der Waals surface area contributed by atoms with Crippen LogP contribution in [0.1, 0.15) is 58.4 Å². The van der Waals surface area contributed by atoms with Gasteiger partial charge in [0.2, 0.25) is 0 Å². The predicted molar refractivity (Wildman–Crippen MR) is 133 cm³/mol. The molecule has 2 aliphatic heterocycles. The second kappa shape index (κ2) is 8.09. The molecule has 0 spiro atoms. The van der Waals surface area contributed by atoms with E-state index in [1.165, 1.54) is 30.5 Å². The monoisotopic (exact) mass is 473 g/mol. The molecule has 2 aromatic carbocycles. The fourth-order valence-corrected chi connectivity index (χ4v) is 6.99. The lowest BCUT2D eigenvalue weighted by Crippen LogP contribution is -2.53. The lowest BCUT2D eigenvalue weighted by atomic mass is 9.70. The Kier molecular flexibility index (Phi) is 4.95. The molecular weight excluding hydrogens is 441 g/mol. The lowest BCUT2D eigenvalue weighted by Gasteiger charge is -2.43. The van der Waals surface area contributed by atoms with Gasteiger partial charge in [0, 0.05) is 47.8 Å². The predicted octanol–water partition coefficient (Wildman–Crippen LogP) is 4.76. The summed E-state index contributed by atoms with van der Waals surface area (Å²) in [6.07, 6.45) is 7.81. The number of nitrogens with zero attached hydrogens (tertiary/aromatic N) is 1. The summed E-state index contributed by atoms with van der Waals surface area (Å²) in [5, 5.41) is 5.08. The lowest BCUT2D eigenvalue weighted by molar-refractivity contribution is 0.0813. The average molecular weight is 474 g/mol. The van der Waals surface area contributed by atoms with E-state index in [1.807, 2.05) is 25.2 Å². The molecule has 5 nitrogen and oxygen atoms in total. The number of aromatic nitrogens is 1. The molecule has 2 N–H and O–H groups in total. The number of aromatic amines is 1. The van der Waals surface area contributed by atoms with E-state index in [2.05, 4.69) is 10.3 Å². The van der Waals surface area contributed by atoms with E-state index in [9.17, 15) is 9.18 Å². The summed E-state index contributed by atoms with van der Waals surface area (Å²) >= 11 is 0. The average Bonchev–Trinajstić information content (AvgIpc) is 3.33. The largest absolute Gasteiger partial charge is 0.492 e. The molecule has 35 heavy (non-hydrogen) atoms. The number of hydrogen-bond acceptors (Lipinski definition) is 3. The SMILES string of the molecule is CN1Cc2ccc3c(c2C1=O)CC(NC(C1CCC1)C1CCc2[nH]c4ccc(F)cc4c2C1)CO3. The number of H-pyrrole nitrogens is 1. The molecule has 3 aromatic rings. The van der Waals surface area contributed by atoms with Crippen molar-refractivity contribution in [2.24, 2.45) is 11.8 Å². The molecular formula is C29H32FN3O2. The van der Waals surface area contributed by atoms with Crippen molar-refractivity contribution in [3.8, 4) is 5.75 Å². The molecule has 0 radical (unpaired) electrons. The zero-order valence-electron chi connectivity index (χ0n) is 20.2. The number of carbonyl (C=O) groups excluding carboxylic acids is 1. The number of aryl methyl sites for hydroxylation is 1. The fourth-order valence-electron chi connectivity index (χ4n) is 6.99. The number of rotatable bonds is 4. The van der Waals surface area contributed by atoms with Crippen molar-refractivity contribution in [2.75, 3.05) is 13.7 Å². The molecule has 1 aromatic heterocycles. The molecule has 2 aliphatic carbocycles. The van der Waals surface area contributed by atoms with E-state index < -0.39 is 0 Å². The minimum Gasteiger partial charge on any atom is -0.492 e. The maximum Gasteiger partial charge on any atom is 0.254 e. The molecule has 1 amide bonds. The number of ether oxygens (including phenoxy) is 1. The zero-order chi connectivity index (χ0) is 23.7. The van der Waals surface area contributed by atoms with Crippen LogP contribution in [0.25, 0.3) is 10.9 Å². The van der Waals surface area contributed by atoms with Crippen molar-refractivity contribution in [3.63, 3.8) is 0 Å². The van der Waals surface area contributed by atoms with Gasteiger partial charge in [0.05, 0.1) is 5.56 Å². The van der Waals surface area contributed by atoms with Crippen LogP contribution in [-0.2, 0) is 25.8 Å². The Morgan fingerprint density at radius 1 is 1.11 bits per heavy atom.